The summed E-state index contributed by atoms with van der Waals surface area (Å²) in [5, 5.41) is 8.83. The summed E-state index contributed by atoms with van der Waals surface area (Å²) in [7, 11) is 0. The van der Waals surface area contributed by atoms with Gasteiger partial charge in [0.25, 0.3) is 0 Å². The number of aromatic nitrogens is 2. The van der Waals surface area contributed by atoms with E-state index in [1.807, 2.05) is 4.90 Å². The zero-order valence-electron chi connectivity index (χ0n) is 8.64. The van der Waals surface area contributed by atoms with Gasteiger partial charge in [0.05, 0.1) is 18.3 Å². The molecule has 6 heteroatoms. The molecule has 1 fully saturated rings. The average molecular weight is 225 g/mol. The van der Waals surface area contributed by atoms with Crippen molar-refractivity contribution in [1.29, 1.82) is 0 Å². The van der Waals surface area contributed by atoms with Gasteiger partial charge in [-0.15, -0.1) is 0 Å². The second kappa shape index (κ2) is 4.42. The third-order valence-corrected chi connectivity index (χ3v) is 2.73. The van der Waals surface area contributed by atoms with E-state index in [1.165, 1.54) is 0 Å². The molecule has 0 unspecified atom stereocenters. The van der Waals surface area contributed by atoms with E-state index in [0.717, 1.165) is 12.4 Å². The van der Waals surface area contributed by atoms with Crippen molar-refractivity contribution in [3.8, 4) is 0 Å². The Labute approximate surface area is 91.9 Å². The van der Waals surface area contributed by atoms with E-state index < -0.39 is 11.8 Å². The molecule has 1 N–H and O–H groups in total. The summed E-state index contributed by atoms with van der Waals surface area (Å²) in [5.74, 6) is -1.04. The first-order valence-corrected chi connectivity index (χ1v) is 5.12. The van der Waals surface area contributed by atoms with E-state index in [2.05, 4.69) is 9.97 Å². The number of aliphatic carboxylic acids is 1. The molecule has 2 heterocycles. The van der Waals surface area contributed by atoms with E-state index in [4.69, 9.17) is 5.11 Å². The first kappa shape index (κ1) is 10.8. The second-order valence-electron chi connectivity index (χ2n) is 3.80. The summed E-state index contributed by atoms with van der Waals surface area (Å²) in [4.78, 5) is 20.3. The minimum absolute atomic E-state index is 0.281. The number of carbonyl (C=O) groups is 1. The maximum atomic E-state index is 12.6. The van der Waals surface area contributed by atoms with Gasteiger partial charge in [0, 0.05) is 13.1 Å². The Kier molecular flexibility index (Phi) is 2.98. The SMILES string of the molecule is O=C(O)C1CCN(c2ncc(F)cn2)CC1. The second-order valence-corrected chi connectivity index (χ2v) is 3.80. The monoisotopic (exact) mass is 225 g/mol. The zero-order valence-corrected chi connectivity index (χ0v) is 8.64. The van der Waals surface area contributed by atoms with Crippen LogP contribution >= 0.6 is 0 Å². The number of piperidine rings is 1. The van der Waals surface area contributed by atoms with Crippen LogP contribution in [0.1, 0.15) is 12.8 Å². The van der Waals surface area contributed by atoms with Gasteiger partial charge in [-0.1, -0.05) is 0 Å². The smallest absolute Gasteiger partial charge is 0.306 e. The Morgan fingerprint density at radius 3 is 2.44 bits per heavy atom. The number of nitrogens with zero attached hydrogens (tertiary/aromatic N) is 3. The number of halogens is 1. The summed E-state index contributed by atoms with van der Waals surface area (Å²) >= 11 is 0. The maximum absolute atomic E-state index is 12.6. The third-order valence-electron chi connectivity index (χ3n) is 2.73. The zero-order chi connectivity index (χ0) is 11.5. The Morgan fingerprint density at radius 1 is 1.38 bits per heavy atom. The fourth-order valence-electron chi connectivity index (χ4n) is 1.80. The highest BCUT2D eigenvalue weighted by Crippen LogP contribution is 2.20. The normalized spacial score (nSPS) is 17.4. The highest BCUT2D eigenvalue weighted by atomic mass is 19.1. The van der Waals surface area contributed by atoms with Gasteiger partial charge in [0.1, 0.15) is 0 Å². The number of carboxylic acids is 1. The fraction of sp³-hybridized carbons (Fsp3) is 0.500. The van der Waals surface area contributed by atoms with Crippen molar-refractivity contribution in [2.24, 2.45) is 5.92 Å². The van der Waals surface area contributed by atoms with Crippen molar-refractivity contribution in [1.82, 2.24) is 9.97 Å². The maximum Gasteiger partial charge on any atom is 0.306 e. The third kappa shape index (κ3) is 2.26. The average Bonchev–Trinajstić information content (AvgIpc) is 2.30. The Bertz CT molecular complexity index is 374. The standard InChI is InChI=1S/C10H12FN3O2/c11-8-5-12-10(13-6-8)14-3-1-7(2-4-14)9(15)16/h5-7H,1-4H2,(H,15,16). The van der Waals surface area contributed by atoms with Crippen molar-refractivity contribution >= 4 is 11.9 Å². The fourth-order valence-corrected chi connectivity index (χ4v) is 1.80. The van der Waals surface area contributed by atoms with E-state index in [0.29, 0.717) is 31.9 Å². The summed E-state index contributed by atoms with van der Waals surface area (Å²) in [6, 6.07) is 0. The Hall–Kier alpha value is -1.72. The molecule has 0 bridgehead atoms. The van der Waals surface area contributed by atoms with Gasteiger partial charge in [-0.3, -0.25) is 4.79 Å². The predicted molar refractivity (Wildman–Crippen MR) is 54.6 cm³/mol. The Balaban J connectivity index is 1.99. The lowest BCUT2D eigenvalue weighted by Gasteiger charge is -2.29. The molecule has 86 valence electrons. The molecule has 0 spiro atoms. The molecule has 0 amide bonds. The number of hydrogen-bond donors (Lipinski definition) is 1. The van der Waals surface area contributed by atoms with Crippen LogP contribution in [0, 0.1) is 11.7 Å². The van der Waals surface area contributed by atoms with Gasteiger partial charge in [0.15, 0.2) is 5.82 Å². The van der Waals surface area contributed by atoms with Crippen molar-refractivity contribution in [3.63, 3.8) is 0 Å². The van der Waals surface area contributed by atoms with Gasteiger partial charge in [-0.05, 0) is 12.8 Å². The molecule has 1 aromatic rings. The molecule has 0 atom stereocenters. The first-order valence-electron chi connectivity index (χ1n) is 5.12. The molecule has 0 radical (unpaired) electrons. The molecule has 16 heavy (non-hydrogen) atoms. The van der Waals surface area contributed by atoms with Crippen LogP contribution in [0.5, 0.6) is 0 Å². The molecule has 0 saturated carbocycles. The molecule has 1 aromatic heterocycles. The van der Waals surface area contributed by atoms with Crippen LogP contribution in [0.3, 0.4) is 0 Å². The van der Waals surface area contributed by atoms with Gasteiger partial charge in [-0.2, -0.15) is 0 Å². The summed E-state index contributed by atoms with van der Waals surface area (Å²) in [5.41, 5.74) is 0. The molecular formula is C10H12FN3O2. The first-order chi connectivity index (χ1) is 7.66. The van der Waals surface area contributed by atoms with E-state index in [1.54, 1.807) is 0 Å². The largest absolute Gasteiger partial charge is 0.481 e. The van der Waals surface area contributed by atoms with Crippen LogP contribution < -0.4 is 4.90 Å². The van der Waals surface area contributed by atoms with Crippen LogP contribution in [0.4, 0.5) is 10.3 Å². The van der Waals surface area contributed by atoms with Crippen molar-refractivity contribution in [2.45, 2.75) is 12.8 Å². The molecule has 2 rings (SSSR count). The van der Waals surface area contributed by atoms with Crippen LogP contribution in [0.25, 0.3) is 0 Å². The summed E-state index contributed by atoms with van der Waals surface area (Å²) in [6.07, 6.45) is 3.39. The lowest BCUT2D eigenvalue weighted by molar-refractivity contribution is -0.142. The number of anilines is 1. The predicted octanol–water partition coefficient (Wildman–Crippen LogP) is 0.917. The topological polar surface area (TPSA) is 66.3 Å². The summed E-state index contributed by atoms with van der Waals surface area (Å²) in [6.45, 7) is 1.20. The van der Waals surface area contributed by atoms with Crippen LogP contribution in [-0.2, 0) is 4.79 Å². The number of hydrogen-bond acceptors (Lipinski definition) is 4. The van der Waals surface area contributed by atoms with Crippen molar-refractivity contribution in [3.05, 3.63) is 18.2 Å². The van der Waals surface area contributed by atoms with Crippen LogP contribution in [0.15, 0.2) is 12.4 Å². The van der Waals surface area contributed by atoms with Crippen molar-refractivity contribution < 1.29 is 14.3 Å². The molecular weight excluding hydrogens is 213 g/mol. The van der Waals surface area contributed by atoms with Gasteiger partial charge in [-0.25, -0.2) is 14.4 Å². The molecule has 0 aromatic carbocycles. The molecule has 1 saturated heterocycles. The van der Waals surface area contributed by atoms with E-state index in [9.17, 15) is 9.18 Å². The molecule has 1 aliphatic rings. The van der Waals surface area contributed by atoms with E-state index >= 15 is 0 Å². The van der Waals surface area contributed by atoms with Crippen LogP contribution in [0.2, 0.25) is 0 Å². The van der Waals surface area contributed by atoms with Crippen molar-refractivity contribution in [2.75, 3.05) is 18.0 Å². The minimum atomic E-state index is -0.750. The van der Waals surface area contributed by atoms with E-state index in [-0.39, 0.29) is 5.92 Å². The lowest BCUT2D eigenvalue weighted by Crippen LogP contribution is -2.37. The number of carboxylic acid groups (broad SMARTS) is 1. The van der Waals surface area contributed by atoms with Gasteiger partial charge >= 0.3 is 5.97 Å². The molecule has 5 nitrogen and oxygen atoms in total. The Morgan fingerprint density at radius 2 is 1.94 bits per heavy atom. The van der Waals surface area contributed by atoms with Gasteiger partial charge < -0.3 is 10.0 Å². The van der Waals surface area contributed by atoms with Gasteiger partial charge in [0.2, 0.25) is 5.95 Å². The highest BCUT2D eigenvalue weighted by molar-refractivity contribution is 5.70. The lowest BCUT2D eigenvalue weighted by atomic mass is 9.97. The molecule has 1 aliphatic heterocycles. The summed E-state index contributed by atoms with van der Waals surface area (Å²) < 4.78 is 12.6. The quantitative estimate of drug-likeness (QED) is 0.810. The number of rotatable bonds is 2. The minimum Gasteiger partial charge on any atom is -0.481 e. The molecule has 0 aliphatic carbocycles. The highest BCUT2D eigenvalue weighted by Gasteiger charge is 2.25. The van der Waals surface area contributed by atoms with Crippen LogP contribution in [-0.4, -0.2) is 34.1 Å².